The summed E-state index contributed by atoms with van der Waals surface area (Å²) in [4.78, 5) is 15.0. The van der Waals surface area contributed by atoms with Gasteiger partial charge in [-0.15, -0.1) is 0 Å². The molecule has 7 nitrogen and oxygen atoms in total. The lowest BCUT2D eigenvalue weighted by Crippen LogP contribution is -2.32. The van der Waals surface area contributed by atoms with E-state index < -0.39 is 19.9 Å². The van der Waals surface area contributed by atoms with Crippen LogP contribution in [0.5, 0.6) is 0 Å². The number of fused-ring (bicyclic) bond motifs is 1. The normalized spacial score (nSPS) is 13.2. The SMILES string of the molecule is CCCCCC#CS(=O)(=O)c1ccc2c(c1)CCN2C(=O)c1ccccc1N(C)S(C)(=O)=O. The number of nitrogens with zero attached hydrogens (tertiary/aromatic N) is 2. The summed E-state index contributed by atoms with van der Waals surface area (Å²) in [6.45, 7) is 2.45. The van der Waals surface area contributed by atoms with E-state index in [2.05, 4.69) is 18.1 Å². The monoisotopic (exact) mass is 488 g/mol. The fraction of sp³-hybridized carbons (Fsp3) is 0.375. The van der Waals surface area contributed by atoms with Gasteiger partial charge in [-0.05, 0) is 48.7 Å². The second kappa shape index (κ2) is 9.98. The molecule has 0 radical (unpaired) electrons. The molecule has 1 aliphatic rings. The summed E-state index contributed by atoms with van der Waals surface area (Å²) >= 11 is 0. The molecule has 9 heteroatoms. The van der Waals surface area contributed by atoms with Gasteiger partial charge in [-0.2, -0.15) is 0 Å². The van der Waals surface area contributed by atoms with Crippen LogP contribution in [0.4, 0.5) is 11.4 Å². The largest absolute Gasteiger partial charge is 0.308 e. The van der Waals surface area contributed by atoms with Gasteiger partial charge in [0.05, 0.1) is 22.4 Å². The molecule has 0 saturated heterocycles. The molecule has 0 saturated carbocycles. The van der Waals surface area contributed by atoms with Gasteiger partial charge in [0.25, 0.3) is 5.91 Å². The Labute approximate surface area is 196 Å². The maximum Gasteiger partial charge on any atom is 0.260 e. The van der Waals surface area contributed by atoms with E-state index in [-0.39, 0.29) is 22.1 Å². The second-order valence-corrected chi connectivity index (χ2v) is 11.7. The number of sulfonamides is 1. The van der Waals surface area contributed by atoms with Crippen molar-refractivity contribution in [1.82, 2.24) is 0 Å². The van der Waals surface area contributed by atoms with Crippen molar-refractivity contribution in [3.05, 3.63) is 53.6 Å². The Hall–Kier alpha value is -2.83. The van der Waals surface area contributed by atoms with E-state index >= 15 is 0 Å². The number of hydrogen-bond acceptors (Lipinski definition) is 5. The number of benzene rings is 2. The average Bonchev–Trinajstić information content (AvgIpc) is 3.20. The third kappa shape index (κ3) is 5.57. The number of amides is 1. The van der Waals surface area contributed by atoms with Crippen molar-refractivity contribution in [2.24, 2.45) is 0 Å². The number of rotatable bonds is 7. The molecule has 0 atom stereocenters. The number of para-hydroxylation sites is 1. The molecule has 3 rings (SSSR count). The number of carbonyl (C=O) groups excluding carboxylic acids is 1. The molecule has 0 spiro atoms. The molecule has 1 aliphatic heterocycles. The number of carbonyl (C=O) groups is 1. The third-order valence-corrected chi connectivity index (χ3v) is 8.06. The minimum absolute atomic E-state index is 0.121. The van der Waals surface area contributed by atoms with Gasteiger partial charge in [0.1, 0.15) is 0 Å². The third-order valence-electron chi connectivity index (χ3n) is 5.58. The standard InChI is InChI=1S/C24H28N2O5S2/c1-4-5-6-7-10-17-33(30,31)20-13-14-22-19(18-20)15-16-26(22)24(27)21-11-8-9-12-23(21)25(2)32(3,28)29/h8-9,11-14,18H,4-7,15-16H2,1-3H3. The molecule has 176 valence electrons. The molecular weight excluding hydrogens is 460 g/mol. The van der Waals surface area contributed by atoms with Crippen LogP contribution in [-0.4, -0.2) is 42.6 Å². The van der Waals surface area contributed by atoms with Crippen molar-refractivity contribution in [2.45, 2.75) is 43.9 Å². The number of hydrogen-bond donors (Lipinski definition) is 0. The zero-order chi connectivity index (χ0) is 24.2. The predicted molar refractivity (Wildman–Crippen MR) is 131 cm³/mol. The number of sulfone groups is 1. The molecule has 33 heavy (non-hydrogen) atoms. The highest BCUT2D eigenvalue weighted by atomic mass is 32.2. The van der Waals surface area contributed by atoms with Crippen LogP contribution >= 0.6 is 0 Å². The zero-order valence-corrected chi connectivity index (χ0v) is 20.7. The van der Waals surface area contributed by atoms with Gasteiger partial charge in [0.15, 0.2) is 0 Å². The highest BCUT2D eigenvalue weighted by Gasteiger charge is 2.29. The fourth-order valence-corrected chi connectivity index (χ4v) is 5.15. The lowest BCUT2D eigenvalue weighted by atomic mass is 10.1. The summed E-state index contributed by atoms with van der Waals surface area (Å²) in [6.07, 6.45) is 5.05. The molecule has 1 heterocycles. The van der Waals surface area contributed by atoms with Crippen LogP contribution in [0.15, 0.2) is 47.4 Å². The minimum Gasteiger partial charge on any atom is -0.308 e. The quantitative estimate of drug-likeness (QED) is 0.337. The maximum absolute atomic E-state index is 13.3. The lowest BCUT2D eigenvalue weighted by Gasteiger charge is -2.23. The summed E-state index contributed by atoms with van der Waals surface area (Å²) in [7, 11) is -5.88. The Bertz CT molecular complexity index is 1320. The second-order valence-electron chi connectivity index (χ2n) is 7.98. The summed E-state index contributed by atoms with van der Waals surface area (Å²) in [5, 5.41) is 2.40. The van der Waals surface area contributed by atoms with Crippen LogP contribution in [0.25, 0.3) is 0 Å². The summed E-state index contributed by atoms with van der Waals surface area (Å²) in [6, 6.07) is 11.2. The molecule has 0 bridgehead atoms. The van der Waals surface area contributed by atoms with E-state index in [0.29, 0.717) is 25.1 Å². The number of unbranched alkanes of at least 4 members (excludes halogenated alkanes) is 3. The van der Waals surface area contributed by atoms with Gasteiger partial charge < -0.3 is 4.90 Å². The molecule has 2 aromatic rings. The minimum atomic E-state index is -3.73. The van der Waals surface area contributed by atoms with E-state index in [1.807, 2.05) is 0 Å². The number of anilines is 2. The summed E-state index contributed by atoms with van der Waals surface area (Å²) in [5.41, 5.74) is 1.90. The van der Waals surface area contributed by atoms with Gasteiger partial charge in [-0.1, -0.05) is 37.8 Å². The topological polar surface area (TPSA) is 91.8 Å². The Balaban J connectivity index is 1.87. The first-order valence-corrected chi connectivity index (χ1v) is 14.1. The van der Waals surface area contributed by atoms with Crippen LogP contribution < -0.4 is 9.21 Å². The van der Waals surface area contributed by atoms with Gasteiger partial charge in [0, 0.05) is 31.0 Å². The first-order valence-electron chi connectivity index (χ1n) is 10.8. The summed E-state index contributed by atoms with van der Waals surface area (Å²) < 4.78 is 50.3. The fourth-order valence-electron chi connectivity index (χ4n) is 3.68. The Kier molecular flexibility index (Phi) is 7.50. The molecule has 1 amide bonds. The molecule has 0 aromatic heterocycles. The molecule has 0 fully saturated rings. The zero-order valence-electron chi connectivity index (χ0n) is 19.0. The van der Waals surface area contributed by atoms with E-state index in [9.17, 15) is 21.6 Å². The molecule has 0 N–H and O–H groups in total. The maximum atomic E-state index is 13.3. The first kappa shape index (κ1) is 24.8. The van der Waals surface area contributed by atoms with Crippen molar-refractivity contribution >= 4 is 37.1 Å². The van der Waals surface area contributed by atoms with Gasteiger partial charge in [-0.25, -0.2) is 16.8 Å². The van der Waals surface area contributed by atoms with Crippen molar-refractivity contribution in [3.63, 3.8) is 0 Å². The van der Waals surface area contributed by atoms with Gasteiger partial charge in [-0.3, -0.25) is 9.10 Å². The van der Waals surface area contributed by atoms with E-state index in [1.54, 1.807) is 41.3 Å². The first-order chi connectivity index (χ1) is 15.6. The Morgan fingerprint density at radius 1 is 1.09 bits per heavy atom. The Morgan fingerprint density at radius 3 is 2.52 bits per heavy atom. The van der Waals surface area contributed by atoms with Crippen LogP contribution in [0.2, 0.25) is 0 Å². The van der Waals surface area contributed by atoms with Crippen LogP contribution in [0.3, 0.4) is 0 Å². The van der Waals surface area contributed by atoms with Gasteiger partial charge in [0.2, 0.25) is 19.9 Å². The van der Waals surface area contributed by atoms with Crippen LogP contribution in [-0.2, 0) is 26.3 Å². The Morgan fingerprint density at radius 2 is 1.82 bits per heavy atom. The molecule has 2 aromatic carbocycles. The lowest BCUT2D eigenvalue weighted by molar-refractivity contribution is 0.0990. The van der Waals surface area contributed by atoms with E-state index in [4.69, 9.17) is 0 Å². The van der Waals surface area contributed by atoms with Crippen LogP contribution in [0.1, 0.15) is 48.5 Å². The van der Waals surface area contributed by atoms with Crippen LogP contribution in [0, 0.1) is 11.2 Å². The van der Waals surface area contributed by atoms with Gasteiger partial charge >= 0.3 is 0 Å². The van der Waals surface area contributed by atoms with Crippen molar-refractivity contribution in [3.8, 4) is 11.2 Å². The smallest absolute Gasteiger partial charge is 0.260 e. The van der Waals surface area contributed by atoms with E-state index in [0.717, 1.165) is 35.4 Å². The molecule has 0 aliphatic carbocycles. The summed E-state index contributed by atoms with van der Waals surface area (Å²) in [5.74, 6) is 2.41. The molecule has 0 unspecified atom stereocenters. The van der Waals surface area contributed by atoms with Crippen molar-refractivity contribution in [2.75, 3.05) is 29.1 Å². The highest BCUT2D eigenvalue weighted by molar-refractivity contribution is 7.96. The highest BCUT2D eigenvalue weighted by Crippen LogP contribution is 2.33. The van der Waals surface area contributed by atoms with Crippen molar-refractivity contribution in [1.29, 1.82) is 0 Å². The van der Waals surface area contributed by atoms with E-state index in [1.165, 1.54) is 13.1 Å². The van der Waals surface area contributed by atoms with Crippen molar-refractivity contribution < 1.29 is 21.6 Å². The average molecular weight is 489 g/mol. The predicted octanol–water partition coefficient (Wildman–Crippen LogP) is 3.60. The molecular formula is C24H28N2O5S2.